The van der Waals surface area contributed by atoms with Gasteiger partial charge >= 0.3 is 0 Å². The average Bonchev–Trinajstić information content (AvgIpc) is 2.81. The monoisotopic (exact) mass is 272 g/mol. The van der Waals surface area contributed by atoms with E-state index in [1.54, 1.807) is 18.5 Å². The number of fused-ring (bicyclic) bond motifs is 1. The summed E-state index contributed by atoms with van der Waals surface area (Å²) in [6.45, 7) is 4.60. The highest BCUT2D eigenvalue weighted by Gasteiger charge is 2.21. The van der Waals surface area contributed by atoms with Crippen LogP contribution in [0.25, 0.3) is 0 Å². The van der Waals surface area contributed by atoms with Crippen molar-refractivity contribution < 1.29 is 4.79 Å². The first kappa shape index (κ1) is 12.7. The van der Waals surface area contributed by atoms with Crippen molar-refractivity contribution in [2.75, 3.05) is 18.4 Å². The standard InChI is InChI=1S/C13H16N6O/c1-10-16-17-12-8-18(5-6-19(10)12)9-13(20)15-11-3-2-4-14-7-11/h2-4,7H,5-6,8-9H2,1H3,(H,15,20). The van der Waals surface area contributed by atoms with Gasteiger partial charge in [-0.05, 0) is 19.1 Å². The zero-order valence-electron chi connectivity index (χ0n) is 11.3. The van der Waals surface area contributed by atoms with Crippen LogP contribution in [0.15, 0.2) is 24.5 Å². The number of hydrogen-bond donors (Lipinski definition) is 1. The Kier molecular flexibility index (Phi) is 3.42. The third-order valence-electron chi connectivity index (χ3n) is 3.33. The fourth-order valence-electron chi connectivity index (χ4n) is 2.33. The van der Waals surface area contributed by atoms with Crippen LogP contribution in [0, 0.1) is 6.92 Å². The summed E-state index contributed by atoms with van der Waals surface area (Å²) in [6, 6.07) is 3.61. The average molecular weight is 272 g/mol. The fourth-order valence-corrected chi connectivity index (χ4v) is 2.33. The number of amides is 1. The Morgan fingerprint density at radius 1 is 1.40 bits per heavy atom. The molecule has 0 unspecified atom stereocenters. The van der Waals surface area contributed by atoms with Crippen molar-refractivity contribution in [1.29, 1.82) is 0 Å². The lowest BCUT2D eigenvalue weighted by molar-refractivity contribution is -0.117. The first-order valence-corrected chi connectivity index (χ1v) is 6.53. The minimum atomic E-state index is -0.0392. The van der Waals surface area contributed by atoms with E-state index in [-0.39, 0.29) is 5.91 Å². The minimum Gasteiger partial charge on any atom is -0.324 e. The number of nitrogens with one attached hydrogen (secondary N) is 1. The van der Waals surface area contributed by atoms with Gasteiger partial charge in [0.15, 0.2) is 0 Å². The van der Waals surface area contributed by atoms with Gasteiger partial charge in [-0.3, -0.25) is 14.7 Å². The molecule has 0 saturated carbocycles. The van der Waals surface area contributed by atoms with Crippen LogP contribution in [-0.4, -0.2) is 43.6 Å². The molecule has 0 radical (unpaired) electrons. The molecule has 0 bridgehead atoms. The van der Waals surface area contributed by atoms with Gasteiger partial charge in [0.05, 0.1) is 25.0 Å². The molecule has 2 aromatic rings. The predicted molar refractivity (Wildman–Crippen MR) is 72.9 cm³/mol. The van der Waals surface area contributed by atoms with Gasteiger partial charge in [0.25, 0.3) is 0 Å². The molecule has 0 saturated heterocycles. The molecule has 3 rings (SSSR count). The number of aryl methyl sites for hydroxylation is 1. The van der Waals surface area contributed by atoms with Gasteiger partial charge in [0.2, 0.25) is 5.91 Å². The zero-order chi connectivity index (χ0) is 13.9. The van der Waals surface area contributed by atoms with Crippen LogP contribution in [0.1, 0.15) is 11.6 Å². The molecular weight excluding hydrogens is 256 g/mol. The van der Waals surface area contributed by atoms with Crippen molar-refractivity contribution in [2.24, 2.45) is 0 Å². The number of rotatable bonds is 3. The molecule has 20 heavy (non-hydrogen) atoms. The van der Waals surface area contributed by atoms with Gasteiger partial charge in [-0.25, -0.2) is 0 Å². The molecule has 0 aromatic carbocycles. The maximum atomic E-state index is 12.0. The summed E-state index contributed by atoms with van der Waals surface area (Å²) >= 11 is 0. The fraction of sp³-hybridized carbons (Fsp3) is 0.385. The van der Waals surface area contributed by atoms with Crippen LogP contribution >= 0.6 is 0 Å². The Labute approximate surface area is 116 Å². The van der Waals surface area contributed by atoms with Gasteiger partial charge < -0.3 is 9.88 Å². The number of nitrogens with zero attached hydrogens (tertiary/aromatic N) is 5. The van der Waals surface area contributed by atoms with Crippen LogP contribution < -0.4 is 5.32 Å². The maximum Gasteiger partial charge on any atom is 0.238 e. The molecule has 1 aliphatic heterocycles. The predicted octanol–water partition coefficient (Wildman–Crippen LogP) is 0.436. The molecule has 1 N–H and O–H groups in total. The third kappa shape index (κ3) is 2.67. The van der Waals surface area contributed by atoms with Gasteiger partial charge in [-0.1, -0.05) is 0 Å². The number of carbonyl (C=O) groups excluding carboxylic acids is 1. The van der Waals surface area contributed by atoms with Crippen molar-refractivity contribution >= 4 is 11.6 Å². The number of anilines is 1. The van der Waals surface area contributed by atoms with Crippen LogP contribution in [0.5, 0.6) is 0 Å². The van der Waals surface area contributed by atoms with Crippen molar-refractivity contribution in [3.8, 4) is 0 Å². The summed E-state index contributed by atoms with van der Waals surface area (Å²) in [4.78, 5) is 18.0. The molecule has 0 atom stereocenters. The van der Waals surface area contributed by atoms with Crippen molar-refractivity contribution in [1.82, 2.24) is 24.6 Å². The van der Waals surface area contributed by atoms with Crippen molar-refractivity contribution in [3.05, 3.63) is 36.2 Å². The van der Waals surface area contributed by atoms with E-state index in [1.807, 2.05) is 13.0 Å². The second-order valence-electron chi connectivity index (χ2n) is 4.82. The SMILES string of the molecule is Cc1nnc2n1CCN(CC(=O)Nc1cccnc1)C2. The molecule has 2 aromatic heterocycles. The Morgan fingerprint density at radius 2 is 2.30 bits per heavy atom. The summed E-state index contributed by atoms with van der Waals surface area (Å²) in [5.74, 6) is 1.81. The molecule has 0 spiro atoms. The van der Waals surface area contributed by atoms with E-state index in [4.69, 9.17) is 0 Å². The van der Waals surface area contributed by atoms with Crippen LogP contribution in [-0.2, 0) is 17.9 Å². The number of hydrogen-bond acceptors (Lipinski definition) is 5. The number of pyridine rings is 1. The van der Waals surface area contributed by atoms with E-state index >= 15 is 0 Å². The second-order valence-corrected chi connectivity index (χ2v) is 4.82. The molecule has 3 heterocycles. The van der Waals surface area contributed by atoms with Crippen molar-refractivity contribution in [2.45, 2.75) is 20.0 Å². The summed E-state index contributed by atoms with van der Waals surface area (Å²) in [5.41, 5.74) is 0.716. The third-order valence-corrected chi connectivity index (χ3v) is 3.33. The lowest BCUT2D eigenvalue weighted by atomic mass is 10.3. The molecule has 1 amide bonds. The Hall–Kier alpha value is -2.28. The second kappa shape index (κ2) is 5.38. The molecule has 104 valence electrons. The molecular formula is C13H16N6O. The summed E-state index contributed by atoms with van der Waals surface area (Å²) < 4.78 is 2.09. The Bertz CT molecular complexity index is 609. The van der Waals surface area contributed by atoms with E-state index in [0.29, 0.717) is 18.8 Å². The lowest BCUT2D eigenvalue weighted by Crippen LogP contribution is -2.39. The summed E-state index contributed by atoms with van der Waals surface area (Å²) in [5, 5.41) is 11.0. The summed E-state index contributed by atoms with van der Waals surface area (Å²) in [7, 11) is 0. The highest BCUT2D eigenvalue weighted by atomic mass is 16.2. The largest absolute Gasteiger partial charge is 0.324 e. The van der Waals surface area contributed by atoms with Crippen molar-refractivity contribution in [3.63, 3.8) is 0 Å². The quantitative estimate of drug-likeness (QED) is 0.877. The summed E-state index contributed by atoms with van der Waals surface area (Å²) in [6.07, 6.45) is 3.31. The van der Waals surface area contributed by atoms with E-state index in [9.17, 15) is 4.79 Å². The highest BCUT2D eigenvalue weighted by Crippen LogP contribution is 2.11. The Morgan fingerprint density at radius 3 is 3.10 bits per heavy atom. The molecule has 7 heteroatoms. The lowest BCUT2D eigenvalue weighted by Gasteiger charge is -2.26. The smallest absolute Gasteiger partial charge is 0.238 e. The normalized spacial score (nSPS) is 14.8. The minimum absolute atomic E-state index is 0.0392. The number of carbonyl (C=O) groups is 1. The van der Waals surface area contributed by atoms with Gasteiger partial charge in [0.1, 0.15) is 11.6 Å². The van der Waals surface area contributed by atoms with Gasteiger partial charge in [-0.2, -0.15) is 0 Å². The van der Waals surface area contributed by atoms with E-state index in [0.717, 1.165) is 24.7 Å². The first-order chi connectivity index (χ1) is 9.72. The topological polar surface area (TPSA) is 75.9 Å². The van der Waals surface area contributed by atoms with Gasteiger partial charge in [0, 0.05) is 19.3 Å². The molecule has 0 fully saturated rings. The van der Waals surface area contributed by atoms with E-state index in [1.165, 1.54) is 0 Å². The maximum absolute atomic E-state index is 12.0. The van der Waals surface area contributed by atoms with Crippen LogP contribution in [0.3, 0.4) is 0 Å². The van der Waals surface area contributed by atoms with E-state index < -0.39 is 0 Å². The highest BCUT2D eigenvalue weighted by molar-refractivity contribution is 5.92. The van der Waals surface area contributed by atoms with Crippen LogP contribution in [0.2, 0.25) is 0 Å². The van der Waals surface area contributed by atoms with Crippen LogP contribution in [0.4, 0.5) is 5.69 Å². The first-order valence-electron chi connectivity index (χ1n) is 6.53. The molecule has 1 aliphatic rings. The Balaban J connectivity index is 1.58. The molecule has 7 nitrogen and oxygen atoms in total. The number of aromatic nitrogens is 4. The van der Waals surface area contributed by atoms with Gasteiger partial charge in [-0.15, -0.1) is 10.2 Å². The van der Waals surface area contributed by atoms with E-state index in [2.05, 4.69) is 30.0 Å². The zero-order valence-corrected chi connectivity index (χ0v) is 11.3. The molecule has 0 aliphatic carbocycles.